The van der Waals surface area contributed by atoms with Crippen LogP contribution in [0.15, 0.2) is 28.0 Å². The summed E-state index contributed by atoms with van der Waals surface area (Å²) in [5.41, 5.74) is 0. The Morgan fingerprint density at radius 2 is 1.50 bits per heavy atom. The predicted molar refractivity (Wildman–Crippen MR) is 44.9 cm³/mol. The van der Waals surface area contributed by atoms with E-state index in [0.29, 0.717) is 0 Å². The Bertz CT molecular complexity index is 490. The maximum atomic E-state index is 10.7. The van der Waals surface area contributed by atoms with Gasteiger partial charge in [-0.3, -0.25) is 9.11 Å². The molecule has 0 fully saturated rings. The summed E-state index contributed by atoms with van der Waals surface area (Å²) in [5, 5.41) is 0. The smallest absolute Gasteiger partial charge is 0.282 e. The van der Waals surface area contributed by atoms with Gasteiger partial charge in [-0.2, -0.15) is 16.8 Å². The molecule has 1 radical (unpaired) electrons. The highest BCUT2D eigenvalue weighted by atomic mass is 32.2. The molecule has 0 heterocycles. The van der Waals surface area contributed by atoms with Crippen LogP contribution in [-0.4, -0.2) is 25.9 Å². The standard InChI is InChI=1S/C6H5O6S2/c7-13(8,9)5-3-1-2-4-6(5)14(10,11)12/h1,3-4H,(H,7,8,9)(H,10,11,12). The Kier molecular flexibility index (Phi) is 2.63. The lowest BCUT2D eigenvalue weighted by Crippen LogP contribution is -2.07. The van der Waals surface area contributed by atoms with E-state index < -0.39 is 30.0 Å². The van der Waals surface area contributed by atoms with Crippen molar-refractivity contribution in [2.45, 2.75) is 9.79 Å². The van der Waals surface area contributed by atoms with Crippen LogP contribution < -0.4 is 0 Å². The van der Waals surface area contributed by atoms with E-state index in [1.165, 1.54) is 0 Å². The third-order valence-corrected chi connectivity index (χ3v) is 3.28. The van der Waals surface area contributed by atoms with Crippen molar-refractivity contribution < 1.29 is 25.9 Å². The van der Waals surface area contributed by atoms with Gasteiger partial charge in [-0.25, -0.2) is 0 Å². The first-order valence-corrected chi connectivity index (χ1v) is 6.06. The first-order chi connectivity index (χ1) is 6.23. The summed E-state index contributed by atoms with van der Waals surface area (Å²) in [4.78, 5) is -1.78. The molecular weight excluding hydrogens is 232 g/mol. The van der Waals surface area contributed by atoms with Crippen molar-refractivity contribution in [3.05, 3.63) is 24.3 Å². The number of rotatable bonds is 2. The topological polar surface area (TPSA) is 109 Å². The highest BCUT2D eigenvalue weighted by molar-refractivity contribution is 7.89. The Balaban J connectivity index is 3.64. The molecule has 0 aromatic heterocycles. The van der Waals surface area contributed by atoms with E-state index >= 15 is 0 Å². The zero-order chi connectivity index (χ0) is 11.0. The van der Waals surface area contributed by atoms with Gasteiger partial charge in [0.15, 0.2) is 0 Å². The van der Waals surface area contributed by atoms with Gasteiger partial charge in [0, 0.05) is 0 Å². The van der Waals surface area contributed by atoms with Crippen molar-refractivity contribution in [2.24, 2.45) is 0 Å². The van der Waals surface area contributed by atoms with Gasteiger partial charge >= 0.3 is 0 Å². The van der Waals surface area contributed by atoms with Crippen molar-refractivity contribution in [3.63, 3.8) is 0 Å². The van der Waals surface area contributed by atoms with Crippen LogP contribution in [0.4, 0.5) is 0 Å². The monoisotopic (exact) mass is 237 g/mol. The summed E-state index contributed by atoms with van der Waals surface area (Å²) in [7, 11) is -9.36. The minimum Gasteiger partial charge on any atom is -0.282 e. The van der Waals surface area contributed by atoms with E-state index in [0.717, 1.165) is 18.2 Å². The van der Waals surface area contributed by atoms with E-state index in [9.17, 15) is 16.8 Å². The summed E-state index contributed by atoms with van der Waals surface area (Å²) >= 11 is 0. The third-order valence-electron chi connectivity index (χ3n) is 1.34. The SMILES string of the molecule is O=S(=O)(O)c1c[c]ccc1S(=O)(=O)O. The fourth-order valence-corrected chi connectivity index (χ4v) is 2.54. The molecule has 0 aliphatic heterocycles. The number of hydrogen-bond acceptors (Lipinski definition) is 4. The summed E-state index contributed by atoms with van der Waals surface area (Å²) in [5.74, 6) is 0. The molecule has 0 aliphatic rings. The fraction of sp³-hybridized carbons (Fsp3) is 0. The van der Waals surface area contributed by atoms with Crippen molar-refractivity contribution in [3.8, 4) is 0 Å². The largest absolute Gasteiger partial charge is 0.295 e. The van der Waals surface area contributed by atoms with Gasteiger partial charge in [0.25, 0.3) is 20.2 Å². The molecule has 8 heteroatoms. The highest BCUT2D eigenvalue weighted by Crippen LogP contribution is 2.19. The first kappa shape index (κ1) is 11.1. The van der Waals surface area contributed by atoms with Crippen LogP contribution in [-0.2, 0) is 20.2 Å². The van der Waals surface area contributed by atoms with Crippen LogP contribution >= 0.6 is 0 Å². The quantitative estimate of drug-likeness (QED) is 0.700. The molecule has 0 saturated heterocycles. The van der Waals surface area contributed by atoms with Crippen molar-refractivity contribution in [1.29, 1.82) is 0 Å². The highest BCUT2D eigenvalue weighted by Gasteiger charge is 2.22. The minimum absolute atomic E-state index is 0.748. The third kappa shape index (κ3) is 2.29. The number of benzene rings is 1. The second-order valence-corrected chi connectivity index (χ2v) is 5.10. The fourth-order valence-electron chi connectivity index (χ4n) is 0.816. The molecule has 0 unspecified atom stereocenters. The molecule has 1 aromatic carbocycles. The second kappa shape index (κ2) is 3.31. The molecule has 1 aromatic rings. The molecular formula is C6H5O6S2. The van der Waals surface area contributed by atoms with Gasteiger partial charge in [-0.1, -0.05) is 6.07 Å². The molecule has 0 amide bonds. The molecule has 0 bridgehead atoms. The molecule has 0 atom stereocenters. The first-order valence-electron chi connectivity index (χ1n) is 3.18. The van der Waals surface area contributed by atoms with Gasteiger partial charge in [0.1, 0.15) is 9.79 Å². The summed E-state index contributed by atoms with van der Waals surface area (Å²) < 4.78 is 59.9. The molecule has 1 rings (SSSR count). The minimum atomic E-state index is -4.69. The van der Waals surface area contributed by atoms with E-state index in [1.807, 2.05) is 0 Å². The van der Waals surface area contributed by atoms with Crippen molar-refractivity contribution >= 4 is 20.2 Å². The molecule has 77 valence electrons. The van der Waals surface area contributed by atoms with Gasteiger partial charge in [-0.15, -0.1) is 0 Å². The lowest BCUT2D eigenvalue weighted by atomic mass is 10.4. The zero-order valence-electron chi connectivity index (χ0n) is 6.58. The summed E-state index contributed by atoms with van der Waals surface area (Å²) in [6.07, 6.45) is 0. The number of hydrogen-bond donors (Lipinski definition) is 2. The van der Waals surface area contributed by atoms with E-state index in [2.05, 4.69) is 6.07 Å². The van der Waals surface area contributed by atoms with Crippen LogP contribution in [0.3, 0.4) is 0 Å². The average Bonchev–Trinajstić information content (AvgIpc) is 2.01. The van der Waals surface area contributed by atoms with Gasteiger partial charge in [0.05, 0.1) is 0 Å². The van der Waals surface area contributed by atoms with Crippen LogP contribution in [0.5, 0.6) is 0 Å². The second-order valence-electron chi connectivity index (χ2n) is 2.32. The summed E-state index contributed by atoms with van der Waals surface area (Å²) in [6, 6.07) is 4.93. The molecule has 2 N–H and O–H groups in total. The Morgan fingerprint density at radius 3 is 1.86 bits per heavy atom. The maximum Gasteiger partial charge on any atom is 0.295 e. The lowest BCUT2D eigenvalue weighted by molar-refractivity contribution is 0.466. The Hall–Kier alpha value is -0.960. The van der Waals surface area contributed by atoms with E-state index in [4.69, 9.17) is 9.11 Å². The van der Waals surface area contributed by atoms with Crippen LogP contribution in [0.25, 0.3) is 0 Å². The Labute approximate surface area is 80.7 Å². The molecule has 0 spiro atoms. The normalized spacial score (nSPS) is 12.7. The molecule has 0 aliphatic carbocycles. The van der Waals surface area contributed by atoms with E-state index in [-0.39, 0.29) is 0 Å². The molecule has 14 heavy (non-hydrogen) atoms. The van der Waals surface area contributed by atoms with Crippen LogP contribution in [0.2, 0.25) is 0 Å². The Morgan fingerprint density at radius 1 is 1.00 bits per heavy atom. The van der Waals surface area contributed by atoms with Gasteiger partial charge < -0.3 is 0 Å². The molecule has 6 nitrogen and oxygen atoms in total. The lowest BCUT2D eigenvalue weighted by Gasteiger charge is -2.02. The zero-order valence-corrected chi connectivity index (χ0v) is 8.21. The van der Waals surface area contributed by atoms with Crippen molar-refractivity contribution in [1.82, 2.24) is 0 Å². The van der Waals surface area contributed by atoms with Crippen LogP contribution in [0.1, 0.15) is 0 Å². The molecule has 0 saturated carbocycles. The average molecular weight is 237 g/mol. The van der Waals surface area contributed by atoms with Gasteiger partial charge in [0.2, 0.25) is 0 Å². The van der Waals surface area contributed by atoms with Crippen molar-refractivity contribution in [2.75, 3.05) is 0 Å². The summed E-state index contributed by atoms with van der Waals surface area (Å²) in [6.45, 7) is 0. The van der Waals surface area contributed by atoms with Gasteiger partial charge in [-0.05, 0) is 18.2 Å². The predicted octanol–water partition coefficient (Wildman–Crippen LogP) is -0.0198. The van der Waals surface area contributed by atoms with Crippen LogP contribution in [0, 0.1) is 6.07 Å². The van der Waals surface area contributed by atoms with E-state index in [1.54, 1.807) is 0 Å². The maximum absolute atomic E-state index is 10.7.